The lowest BCUT2D eigenvalue weighted by Gasteiger charge is -2.09. The molecule has 1 atom stereocenters. The zero-order valence-electron chi connectivity index (χ0n) is 6.87. The number of hydrogen-bond acceptors (Lipinski definition) is 4. The molecule has 1 aliphatic rings. The van der Waals surface area contributed by atoms with E-state index >= 15 is 0 Å². The number of nitrogens with one attached hydrogen (secondary N) is 1. The largest absolute Gasteiger partial charge is 0.370 e. The highest BCUT2D eigenvalue weighted by molar-refractivity contribution is 9.10. The summed E-state index contributed by atoms with van der Waals surface area (Å²) < 4.78 is 0.970. The first kappa shape index (κ1) is 8.50. The van der Waals surface area contributed by atoms with E-state index in [4.69, 9.17) is 5.73 Å². The average molecular weight is 241 g/mol. The summed E-state index contributed by atoms with van der Waals surface area (Å²) in [5, 5.41) is 3.06. The van der Waals surface area contributed by atoms with Crippen LogP contribution in [0.1, 0.15) is 11.6 Å². The van der Waals surface area contributed by atoms with Crippen LogP contribution >= 0.6 is 15.9 Å². The maximum absolute atomic E-state index is 5.51. The highest BCUT2D eigenvalue weighted by Crippen LogP contribution is 2.18. The third kappa shape index (κ3) is 1.80. The minimum atomic E-state index is 0.171. The molecule has 0 fully saturated rings. The molecule has 0 aromatic carbocycles. The van der Waals surface area contributed by atoms with Gasteiger partial charge in [-0.15, -0.1) is 0 Å². The number of nitrogens with zero attached hydrogens (tertiary/aromatic N) is 2. The van der Waals surface area contributed by atoms with E-state index in [2.05, 4.69) is 31.2 Å². The van der Waals surface area contributed by atoms with Crippen LogP contribution < -0.4 is 11.1 Å². The lowest BCUT2D eigenvalue weighted by molar-refractivity contribution is 0.703. The van der Waals surface area contributed by atoms with E-state index in [1.165, 1.54) is 0 Å². The fourth-order valence-electron chi connectivity index (χ4n) is 1.27. The Morgan fingerprint density at radius 1 is 1.54 bits per heavy atom. The van der Waals surface area contributed by atoms with Crippen molar-refractivity contribution in [1.29, 1.82) is 0 Å². The molecule has 0 radical (unpaired) electrons. The summed E-state index contributed by atoms with van der Waals surface area (Å²) in [5.74, 6) is 0.505. The number of pyridine rings is 1. The molecule has 1 aliphatic heterocycles. The van der Waals surface area contributed by atoms with E-state index in [9.17, 15) is 0 Å². The molecule has 2 rings (SSSR count). The maximum Gasteiger partial charge on any atom is 0.189 e. The molecule has 4 nitrogen and oxygen atoms in total. The monoisotopic (exact) mass is 240 g/mol. The Bertz CT molecular complexity index is 350. The Labute approximate surface area is 84.4 Å². The van der Waals surface area contributed by atoms with Crippen LogP contribution in [-0.4, -0.2) is 17.5 Å². The Kier molecular flexibility index (Phi) is 2.18. The van der Waals surface area contributed by atoms with Gasteiger partial charge in [-0.25, -0.2) is 0 Å². The lowest BCUT2D eigenvalue weighted by atomic mass is 10.1. The van der Waals surface area contributed by atoms with Crippen LogP contribution in [0.2, 0.25) is 0 Å². The van der Waals surface area contributed by atoms with Crippen molar-refractivity contribution in [3.05, 3.63) is 28.5 Å². The number of nitrogens with two attached hydrogens (primary N) is 1. The number of rotatable bonds is 1. The predicted octanol–water partition coefficient (Wildman–Crippen LogP) is 0.803. The molecule has 1 aromatic heterocycles. The molecule has 0 saturated carbocycles. The molecule has 1 unspecified atom stereocenters. The van der Waals surface area contributed by atoms with Crippen molar-refractivity contribution in [2.45, 2.75) is 6.04 Å². The highest BCUT2D eigenvalue weighted by Gasteiger charge is 2.17. The molecule has 0 aliphatic carbocycles. The van der Waals surface area contributed by atoms with Gasteiger partial charge in [0.25, 0.3) is 0 Å². The average Bonchev–Trinajstić information content (AvgIpc) is 2.52. The van der Waals surface area contributed by atoms with E-state index in [1.807, 2.05) is 12.3 Å². The second-order valence-corrected chi connectivity index (χ2v) is 3.78. The van der Waals surface area contributed by atoms with E-state index in [1.54, 1.807) is 6.20 Å². The van der Waals surface area contributed by atoms with E-state index in [0.29, 0.717) is 12.5 Å². The minimum Gasteiger partial charge on any atom is -0.370 e. The summed E-state index contributed by atoms with van der Waals surface area (Å²) in [5.41, 5.74) is 6.60. The highest BCUT2D eigenvalue weighted by atomic mass is 79.9. The molecule has 68 valence electrons. The standard InChI is InChI=1S/C8H9BrN4/c9-6-1-5(2-11-3-6)7-4-12-8(10)13-7/h1-3,7H,4H2,(H3,10,12,13). The lowest BCUT2D eigenvalue weighted by Crippen LogP contribution is -2.29. The van der Waals surface area contributed by atoms with Crippen LogP contribution in [0.25, 0.3) is 0 Å². The molecule has 1 aromatic rings. The van der Waals surface area contributed by atoms with E-state index < -0.39 is 0 Å². The second-order valence-electron chi connectivity index (χ2n) is 2.86. The molecular weight excluding hydrogens is 232 g/mol. The molecule has 0 spiro atoms. The van der Waals surface area contributed by atoms with Gasteiger partial charge in [-0.2, -0.15) is 0 Å². The Balaban J connectivity index is 2.18. The number of aliphatic imine (C=N–C) groups is 1. The van der Waals surface area contributed by atoms with Crippen LogP contribution in [0, 0.1) is 0 Å². The normalized spacial score (nSPS) is 21.0. The minimum absolute atomic E-state index is 0.171. The number of guanidine groups is 1. The van der Waals surface area contributed by atoms with Gasteiger partial charge < -0.3 is 11.1 Å². The maximum atomic E-state index is 5.51. The van der Waals surface area contributed by atoms with Crippen molar-refractivity contribution in [2.24, 2.45) is 10.7 Å². The number of hydrogen-bond donors (Lipinski definition) is 2. The van der Waals surface area contributed by atoms with Gasteiger partial charge in [-0.05, 0) is 27.6 Å². The Morgan fingerprint density at radius 3 is 3.00 bits per heavy atom. The van der Waals surface area contributed by atoms with Gasteiger partial charge in [0.1, 0.15) is 0 Å². The summed E-state index contributed by atoms with van der Waals surface area (Å²) in [7, 11) is 0. The SMILES string of the molecule is NC1=NCC(c2cncc(Br)c2)N1. The van der Waals surface area contributed by atoms with Crippen molar-refractivity contribution < 1.29 is 0 Å². The summed E-state index contributed by atoms with van der Waals surface area (Å²) >= 11 is 3.37. The molecular formula is C8H9BrN4. The van der Waals surface area contributed by atoms with Crippen LogP contribution in [0.4, 0.5) is 0 Å². The fraction of sp³-hybridized carbons (Fsp3) is 0.250. The zero-order valence-corrected chi connectivity index (χ0v) is 8.45. The molecule has 3 N–H and O–H groups in total. The van der Waals surface area contributed by atoms with Crippen LogP contribution in [-0.2, 0) is 0 Å². The quantitative estimate of drug-likeness (QED) is 0.764. The van der Waals surface area contributed by atoms with Gasteiger partial charge in [0.05, 0.1) is 12.6 Å². The van der Waals surface area contributed by atoms with Gasteiger partial charge >= 0.3 is 0 Å². The first-order valence-electron chi connectivity index (χ1n) is 3.92. The first-order valence-corrected chi connectivity index (χ1v) is 4.72. The van der Waals surface area contributed by atoms with Gasteiger partial charge in [0, 0.05) is 16.9 Å². The molecule has 0 saturated heterocycles. The zero-order chi connectivity index (χ0) is 9.26. The summed E-state index contributed by atoms with van der Waals surface area (Å²) in [4.78, 5) is 8.14. The van der Waals surface area contributed by atoms with Crippen molar-refractivity contribution in [1.82, 2.24) is 10.3 Å². The van der Waals surface area contributed by atoms with E-state index in [-0.39, 0.29) is 6.04 Å². The predicted molar refractivity (Wildman–Crippen MR) is 54.3 cm³/mol. The fourth-order valence-corrected chi connectivity index (χ4v) is 1.65. The van der Waals surface area contributed by atoms with Crippen molar-refractivity contribution in [3.63, 3.8) is 0 Å². The van der Waals surface area contributed by atoms with Gasteiger partial charge in [0.15, 0.2) is 5.96 Å². The smallest absolute Gasteiger partial charge is 0.189 e. The number of halogens is 1. The third-order valence-corrected chi connectivity index (χ3v) is 2.33. The van der Waals surface area contributed by atoms with Crippen molar-refractivity contribution in [2.75, 3.05) is 6.54 Å². The van der Waals surface area contributed by atoms with Crippen molar-refractivity contribution >= 4 is 21.9 Å². The van der Waals surface area contributed by atoms with Crippen LogP contribution in [0.5, 0.6) is 0 Å². The summed E-state index contributed by atoms with van der Waals surface area (Å²) in [6, 6.07) is 2.18. The molecule has 5 heteroatoms. The summed E-state index contributed by atoms with van der Waals surface area (Å²) in [6.45, 7) is 0.684. The Morgan fingerprint density at radius 2 is 2.38 bits per heavy atom. The van der Waals surface area contributed by atoms with Gasteiger partial charge in [-0.3, -0.25) is 9.98 Å². The number of aromatic nitrogens is 1. The van der Waals surface area contributed by atoms with Gasteiger partial charge in [0.2, 0.25) is 0 Å². The second kappa shape index (κ2) is 3.33. The molecule has 2 heterocycles. The van der Waals surface area contributed by atoms with Crippen LogP contribution in [0.15, 0.2) is 27.9 Å². The van der Waals surface area contributed by atoms with E-state index in [0.717, 1.165) is 10.0 Å². The summed E-state index contributed by atoms with van der Waals surface area (Å²) in [6.07, 6.45) is 3.57. The topological polar surface area (TPSA) is 63.3 Å². The Hall–Kier alpha value is -1.10. The third-order valence-electron chi connectivity index (χ3n) is 1.89. The molecule has 0 bridgehead atoms. The molecule has 0 amide bonds. The first-order chi connectivity index (χ1) is 6.25. The molecule has 13 heavy (non-hydrogen) atoms. The van der Waals surface area contributed by atoms with Crippen molar-refractivity contribution in [3.8, 4) is 0 Å². The van der Waals surface area contributed by atoms with Crippen LogP contribution in [0.3, 0.4) is 0 Å². The van der Waals surface area contributed by atoms with Gasteiger partial charge in [-0.1, -0.05) is 0 Å².